The minimum Gasteiger partial charge on any atom is -0.366 e. The summed E-state index contributed by atoms with van der Waals surface area (Å²) in [5, 5.41) is 0.377. The van der Waals surface area contributed by atoms with Crippen molar-refractivity contribution < 1.29 is 9.18 Å². The number of nitrogens with two attached hydrogens (primary N) is 1. The molecule has 4 heteroatoms. The van der Waals surface area contributed by atoms with Crippen LogP contribution in [0.15, 0.2) is 72.9 Å². The van der Waals surface area contributed by atoms with Crippen LogP contribution in [0.1, 0.15) is 21.5 Å². The second kappa shape index (κ2) is 6.48. The van der Waals surface area contributed by atoms with E-state index >= 15 is 0 Å². The third-order valence-electron chi connectivity index (χ3n) is 4.58. The fourth-order valence-corrected chi connectivity index (χ4v) is 3.33. The lowest BCUT2D eigenvalue weighted by Crippen LogP contribution is -2.15. The first-order valence-corrected chi connectivity index (χ1v) is 8.36. The number of amides is 1. The number of halogens is 1. The molecule has 128 valence electrons. The number of primary amides is 1. The average Bonchev–Trinajstić information content (AvgIpc) is 3.13. The van der Waals surface area contributed by atoms with Gasteiger partial charge in [-0.1, -0.05) is 54.6 Å². The largest absolute Gasteiger partial charge is 0.366 e. The number of aromatic amines is 1. The summed E-state index contributed by atoms with van der Waals surface area (Å²) in [5.74, 6) is -0.921. The number of H-pyrrole nitrogens is 1. The van der Waals surface area contributed by atoms with E-state index < -0.39 is 5.91 Å². The van der Waals surface area contributed by atoms with E-state index in [0.717, 1.165) is 16.7 Å². The molecule has 1 aromatic heterocycles. The van der Waals surface area contributed by atoms with Crippen molar-refractivity contribution in [3.63, 3.8) is 0 Å². The van der Waals surface area contributed by atoms with Crippen LogP contribution in [0.3, 0.4) is 0 Å². The smallest absolute Gasteiger partial charge is 0.251 e. The summed E-state index contributed by atoms with van der Waals surface area (Å²) in [6, 6.07) is 21.1. The first-order valence-electron chi connectivity index (χ1n) is 8.36. The standard InChI is InChI=1S/C22H17FN2O/c23-19-13-17(20(22(24)26)21-18(19)10-11-25-21)12-14-6-8-16(9-7-14)15-4-2-1-3-5-15/h1-11,13,25H,12H2,(H2,24,26). The Morgan fingerprint density at radius 3 is 2.35 bits per heavy atom. The second-order valence-corrected chi connectivity index (χ2v) is 6.26. The van der Waals surface area contributed by atoms with E-state index in [2.05, 4.69) is 17.1 Å². The number of rotatable bonds is 4. The fourth-order valence-electron chi connectivity index (χ4n) is 3.33. The molecule has 1 amide bonds. The summed E-state index contributed by atoms with van der Waals surface area (Å²) >= 11 is 0. The molecule has 3 nitrogen and oxygen atoms in total. The van der Waals surface area contributed by atoms with Gasteiger partial charge in [-0.3, -0.25) is 4.79 Å². The van der Waals surface area contributed by atoms with Crippen LogP contribution in [0.4, 0.5) is 4.39 Å². The molecule has 1 heterocycles. The number of hydrogen-bond donors (Lipinski definition) is 2. The van der Waals surface area contributed by atoms with Gasteiger partial charge in [-0.2, -0.15) is 0 Å². The molecule has 4 rings (SSSR count). The number of benzene rings is 3. The maximum atomic E-state index is 14.3. The van der Waals surface area contributed by atoms with Gasteiger partial charge in [0.1, 0.15) is 5.82 Å². The lowest BCUT2D eigenvalue weighted by Gasteiger charge is -2.10. The van der Waals surface area contributed by atoms with Crippen molar-refractivity contribution in [1.82, 2.24) is 4.98 Å². The van der Waals surface area contributed by atoms with Crippen molar-refractivity contribution in [2.45, 2.75) is 6.42 Å². The summed E-state index contributed by atoms with van der Waals surface area (Å²) in [5.41, 5.74) is 10.2. The van der Waals surface area contributed by atoms with Gasteiger partial charge < -0.3 is 10.7 Å². The summed E-state index contributed by atoms with van der Waals surface area (Å²) in [6.45, 7) is 0. The van der Waals surface area contributed by atoms with Gasteiger partial charge in [0, 0.05) is 11.6 Å². The van der Waals surface area contributed by atoms with Crippen LogP contribution in [0.5, 0.6) is 0 Å². The molecule has 26 heavy (non-hydrogen) atoms. The minimum absolute atomic E-state index is 0.346. The van der Waals surface area contributed by atoms with Crippen LogP contribution < -0.4 is 5.73 Å². The van der Waals surface area contributed by atoms with Crippen molar-refractivity contribution in [2.24, 2.45) is 5.73 Å². The predicted octanol–water partition coefficient (Wildman–Crippen LogP) is 4.66. The summed E-state index contributed by atoms with van der Waals surface area (Å²) < 4.78 is 14.3. The van der Waals surface area contributed by atoms with E-state index in [-0.39, 0.29) is 5.82 Å². The Balaban J connectivity index is 1.71. The van der Waals surface area contributed by atoms with E-state index in [1.54, 1.807) is 12.3 Å². The Bertz CT molecular complexity index is 1080. The maximum Gasteiger partial charge on any atom is 0.251 e. The zero-order valence-corrected chi connectivity index (χ0v) is 14.0. The SMILES string of the molecule is NC(=O)c1c(Cc2ccc(-c3ccccc3)cc2)cc(F)c2cc[nH]c12. The first kappa shape index (κ1) is 16.1. The van der Waals surface area contributed by atoms with Crippen LogP contribution in [-0.2, 0) is 6.42 Å². The van der Waals surface area contributed by atoms with Crippen molar-refractivity contribution in [3.8, 4) is 11.1 Å². The summed E-state index contributed by atoms with van der Waals surface area (Å²) in [4.78, 5) is 14.9. The van der Waals surface area contributed by atoms with E-state index in [0.29, 0.717) is 28.5 Å². The fraction of sp³-hybridized carbons (Fsp3) is 0.0455. The van der Waals surface area contributed by atoms with E-state index in [4.69, 9.17) is 5.73 Å². The van der Waals surface area contributed by atoms with Crippen LogP contribution in [0, 0.1) is 5.82 Å². The molecule has 0 radical (unpaired) electrons. The van der Waals surface area contributed by atoms with Gasteiger partial charge in [0.2, 0.25) is 0 Å². The highest BCUT2D eigenvalue weighted by molar-refractivity contribution is 6.06. The molecular weight excluding hydrogens is 327 g/mol. The predicted molar refractivity (Wildman–Crippen MR) is 101 cm³/mol. The Morgan fingerprint density at radius 1 is 0.962 bits per heavy atom. The molecule has 0 aliphatic rings. The van der Waals surface area contributed by atoms with Crippen LogP contribution in [0.2, 0.25) is 0 Å². The monoisotopic (exact) mass is 344 g/mol. The van der Waals surface area contributed by atoms with Gasteiger partial charge >= 0.3 is 0 Å². The zero-order chi connectivity index (χ0) is 18.1. The van der Waals surface area contributed by atoms with E-state index in [1.165, 1.54) is 6.07 Å². The number of carbonyl (C=O) groups excluding carboxylic acids is 1. The van der Waals surface area contributed by atoms with Gasteiger partial charge in [-0.05, 0) is 40.8 Å². The molecule has 3 aromatic carbocycles. The number of nitrogens with one attached hydrogen (secondary N) is 1. The minimum atomic E-state index is -0.562. The van der Waals surface area contributed by atoms with Crippen molar-refractivity contribution in [1.29, 1.82) is 0 Å². The van der Waals surface area contributed by atoms with Crippen molar-refractivity contribution in [2.75, 3.05) is 0 Å². The average molecular weight is 344 g/mol. The molecule has 0 bridgehead atoms. The number of hydrogen-bond acceptors (Lipinski definition) is 1. The maximum absolute atomic E-state index is 14.3. The van der Waals surface area contributed by atoms with E-state index in [1.807, 2.05) is 42.5 Å². The van der Waals surface area contributed by atoms with Gasteiger partial charge in [0.25, 0.3) is 5.91 Å². The molecule has 3 N–H and O–H groups in total. The molecule has 0 saturated carbocycles. The lowest BCUT2D eigenvalue weighted by atomic mass is 9.95. The van der Waals surface area contributed by atoms with Crippen molar-refractivity contribution in [3.05, 3.63) is 95.4 Å². The topological polar surface area (TPSA) is 58.9 Å². The molecule has 0 unspecified atom stereocenters. The van der Waals surface area contributed by atoms with Gasteiger partial charge in [0.05, 0.1) is 11.1 Å². The number of aromatic nitrogens is 1. The molecule has 0 atom stereocenters. The molecule has 0 aliphatic carbocycles. The van der Waals surface area contributed by atoms with Gasteiger partial charge in [-0.15, -0.1) is 0 Å². The third kappa shape index (κ3) is 2.86. The Morgan fingerprint density at radius 2 is 1.65 bits per heavy atom. The molecule has 0 saturated heterocycles. The van der Waals surface area contributed by atoms with E-state index in [9.17, 15) is 9.18 Å². The summed E-state index contributed by atoms with van der Waals surface area (Å²) in [7, 11) is 0. The third-order valence-corrected chi connectivity index (χ3v) is 4.58. The van der Waals surface area contributed by atoms with Gasteiger partial charge in [-0.25, -0.2) is 4.39 Å². The first-order chi connectivity index (χ1) is 12.6. The summed E-state index contributed by atoms with van der Waals surface area (Å²) in [6.07, 6.45) is 2.04. The molecule has 0 aliphatic heterocycles. The molecule has 4 aromatic rings. The lowest BCUT2D eigenvalue weighted by molar-refractivity contribution is 0.100. The van der Waals surface area contributed by atoms with Crippen molar-refractivity contribution >= 4 is 16.8 Å². The molecule has 0 spiro atoms. The van der Waals surface area contributed by atoms with Crippen LogP contribution >= 0.6 is 0 Å². The normalized spacial score (nSPS) is 11.0. The highest BCUT2D eigenvalue weighted by Gasteiger charge is 2.17. The zero-order valence-electron chi connectivity index (χ0n) is 14.0. The highest BCUT2D eigenvalue weighted by Crippen LogP contribution is 2.27. The van der Waals surface area contributed by atoms with Gasteiger partial charge in [0.15, 0.2) is 0 Å². The number of carbonyl (C=O) groups is 1. The second-order valence-electron chi connectivity index (χ2n) is 6.26. The Hall–Kier alpha value is -3.40. The molecular formula is C22H17FN2O. The Kier molecular flexibility index (Phi) is 4.01. The molecule has 0 fully saturated rings. The Labute approximate surface area is 150 Å². The number of fused-ring (bicyclic) bond motifs is 1. The van der Waals surface area contributed by atoms with Crippen LogP contribution in [0.25, 0.3) is 22.0 Å². The quantitative estimate of drug-likeness (QED) is 0.555. The van der Waals surface area contributed by atoms with Crippen LogP contribution in [-0.4, -0.2) is 10.9 Å². The highest BCUT2D eigenvalue weighted by atomic mass is 19.1.